The van der Waals surface area contributed by atoms with E-state index in [-0.39, 0.29) is 37.4 Å². The van der Waals surface area contributed by atoms with Crippen molar-refractivity contribution in [2.75, 3.05) is 7.05 Å². The molecule has 126 valence electrons. The first-order valence-electron chi connectivity index (χ1n) is 6.74. The predicted octanol–water partition coefficient (Wildman–Crippen LogP) is 3.17. The Kier molecular flexibility index (Phi) is 7.37. The van der Waals surface area contributed by atoms with Crippen LogP contribution in [0.5, 0.6) is 0 Å². The predicted molar refractivity (Wildman–Crippen MR) is 96.2 cm³/mol. The van der Waals surface area contributed by atoms with Gasteiger partial charge in [-0.1, -0.05) is 17.3 Å². The van der Waals surface area contributed by atoms with Crippen LogP contribution in [0.4, 0.5) is 0 Å². The van der Waals surface area contributed by atoms with Gasteiger partial charge < -0.3 is 10.3 Å². The van der Waals surface area contributed by atoms with Crippen LogP contribution < -0.4 is 5.73 Å². The minimum absolute atomic E-state index is 0. The van der Waals surface area contributed by atoms with Gasteiger partial charge in [-0.25, -0.2) is 4.98 Å². The molecule has 23 heavy (non-hydrogen) atoms. The van der Waals surface area contributed by atoms with Gasteiger partial charge in [0.05, 0.1) is 29.3 Å². The molecule has 1 unspecified atom stereocenters. The van der Waals surface area contributed by atoms with E-state index in [0.29, 0.717) is 18.3 Å². The highest BCUT2D eigenvalue weighted by atomic mass is 35.5. The molecule has 0 bridgehead atoms. The summed E-state index contributed by atoms with van der Waals surface area (Å²) < 4.78 is 6.23. The Morgan fingerprint density at radius 3 is 2.65 bits per heavy atom. The van der Waals surface area contributed by atoms with Crippen molar-refractivity contribution in [3.63, 3.8) is 0 Å². The van der Waals surface area contributed by atoms with Gasteiger partial charge in [-0.15, -0.1) is 36.2 Å². The maximum Gasteiger partial charge on any atom is 0.240 e. The quantitative estimate of drug-likeness (QED) is 0.737. The highest BCUT2D eigenvalue weighted by Gasteiger charge is 2.18. The standard InChI is InChI=1S/C14H17N5OS.2ClH/c1-9(14-16-10-5-3-4-6-11(10)21-14)19(2)8-12-17-13(7-15)20-18-12;;/h3-6,9H,7-8,15H2,1-2H3;2*1H. The summed E-state index contributed by atoms with van der Waals surface area (Å²) in [6, 6.07) is 8.35. The first-order chi connectivity index (χ1) is 10.2. The second kappa shape index (κ2) is 8.56. The second-order valence-corrected chi connectivity index (χ2v) is 5.98. The van der Waals surface area contributed by atoms with Gasteiger partial charge in [-0.3, -0.25) is 4.90 Å². The number of para-hydroxylation sites is 1. The molecule has 0 radical (unpaired) electrons. The molecular weight excluding hydrogens is 357 g/mol. The monoisotopic (exact) mass is 375 g/mol. The SMILES string of the molecule is CC(c1nc2ccccc2s1)N(C)Cc1noc(CN)n1.Cl.Cl. The number of benzene rings is 1. The van der Waals surface area contributed by atoms with E-state index in [9.17, 15) is 0 Å². The summed E-state index contributed by atoms with van der Waals surface area (Å²) in [5.74, 6) is 1.11. The fraction of sp³-hybridized carbons (Fsp3) is 0.357. The van der Waals surface area contributed by atoms with Crippen LogP contribution in [0.2, 0.25) is 0 Å². The van der Waals surface area contributed by atoms with E-state index in [1.165, 1.54) is 4.70 Å². The minimum Gasteiger partial charge on any atom is -0.338 e. The zero-order chi connectivity index (χ0) is 14.8. The molecule has 1 aromatic carbocycles. The van der Waals surface area contributed by atoms with E-state index >= 15 is 0 Å². The molecule has 0 aliphatic carbocycles. The van der Waals surface area contributed by atoms with Gasteiger partial charge >= 0.3 is 0 Å². The van der Waals surface area contributed by atoms with Gasteiger partial charge in [-0.05, 0) is 26.1 Å². The van der Waals surface area contributed by atoms with Crippen molar-refractivity contribution < 1.29 is 4.52 Å². The molecule has 2 aromatic heterocycles. The Balaban J connectivity index is 0.00000132. The molecule has 0 fully saturated rings. The minimum atomic E-state index is 0. The molecule has 3 aromatic rings. The average Bonchev–Trinajstić information content (AvgIpc) is 3.12. The molecule has 0 spiro atoms. The van der Waals surface area contributed by atoms with Crippen molar-refractivity contribution in [3.8, 4) is 0 Å². The van der Waals surface area contributed by atoms with Gasteiger partial charge in [0.1, 0.15) is 5.01 Å². The Morgan fingerprint density at radius 1 is 1.26 bits per heavy atom. The summed E-state index contributed by atoms with van der Waals surface area (Å²) in [5, 5.41) is 5.01. The third-order valence-electron chi connectivity index (χ3n) is 3.40. The number of aromatic nitrogens is 3. The van der Waals surface area contributed by atoms with Crippen molar-refractivity contribution >= 4 is 46.4 Å². The van der Waals surface area contributed by atoms with Crippen molar-refractivity contribution in [1.82, 2.24) is 20.0 Å². The summed E-state index contributed by atoms with van der Waals surface area (Å²) in [6.45, 7) is 2.99. The molecular formula is C14H19Cl2N5OS. The van der Waals surface area contributed by atoms with Crippen LogP contribution >= 0.6 is 36.2 Å². The van der Waals surface area contributed by atoms with Crippen molar-refractivity contribution in [2.24, 2.45) is 5.73 Å². The first-order valence-corrected chi connectivity index (χ1v) is 7.56. The van der Waals surface area contributed by atoms with E-state index in [0.717, 1.165) is 10.5 Å². The fourth-order valence-electron chi connectivity index (χ4n) is 2.05. The van der Waals surface area contributed by atoms with Crippen LogP contribution in [0, 0.1) is 0 Å². The zero-order valence-corrected chi connectivity index (χ0v) is 15.2. The summed E-state index contributed by atoms with van der Waals surface area (Å²) in [5.41, 5.74) is 6.51. The van der Waals surface area contributed by atoms with Crippen LogP contribution in [0.15, 0.2) is 28.8 Å². The largest absolute Gasteiger partial charge is 0.338 e. The molecule has 2 heterocycles. The summed E-state index contributed by atoms with van der Waals surface area (Å²) in [6.07, 6.45) is 0. The number of hydrogen-bond acceptors (Lipinski definition) is 7. The summed E-state index contributed by atoms with van der Waals surface area (Å²) in [4.78, 5) is 11.1. The third-order valence-corrected chi connectivity index (χ3v) is 4.61. The Morgan fingerprint density at radius 2 is 2.00 bits per heavy atom. The van der Waals surface area contributed by atoms with Gasteiger partial charge in [-0.2, -0.15) is 4.98 Å². The zero-order valence-electron chi connectivity index (χ0n) is 12.8. The smallest absolute Gasteiger partial charge is 0.240 e. The van der Waals surface area contributed by atoms with E-state index in [4.69, 9.17) is 10.3 Å². The molecule has 3 rings (SSSR count). The molecule has 1 atom stereocenters. The van der Waals surface area contributed by atoms with Crippen LogP contribution in [-0.2, 0) is 13.1 Å². The van der Waals surface area contributed by atoms with E-state index in [1.54, 1.807) is 11.3 Å². The molecule has 0 saturated carbocycles. The maximum atomic E-state index is 5.47. The van der Waals surface area contributed by atoms with Crippen molar-refractivity contribution in [3.05, 3.63) is 41.0 Å². The van der Waals surface area contributed by atoms with Crippen LogP contribution in [0.25, 0.3) is 10.2 Å². The number of hydrogen-bond donors (Lipinski definition) is 1. The highest BCUT2D eigenvalue weighted by molar-refractivity contribution is 7.18. The van der Waals surface area contributed by atoms with Crippen molar-refractivity contribution in [1.29, 1.82) is 0 Å². The lowest BCUT2D eigenvalue weighted by Crippen LogP contribution is -2.22. The molecule has 0 aliphatic rings. The van der Waals surface area contributed by atoms with Crippen LogP contribution in [-0.4, -0.2) is 27.1 Å². The second-order valence-electron chi connectivity index (χ2n) is 4.92. The molecule has 0 saturated heterocycles. The number of thiazole rings is 1. The molecule has 6 nitrogen and oxygen atoms in total. The van der Waals surface area contributed by atoms with E-state index < -0.39 is 0 Å². The first kappa shape index (κ1) is 19.8. The number of nitrogens with two attached hydrogens (primary N) is 1. The van der Waals surface area contributed by atoms with Gasteiger partial charge in [0.2, 0.25) is 5.89 Å². The molecule has 0 aliphatic heterocycles. The fourth-order valence-corrected chi connectivity index (χ4v) is 3.14. The Bertz CT molecular complexity index is 714. The summed E-state index contributed by atoms with van der Waals surface area (Å²) >= 11 is 1.72. The number of fused-ring (bicyclic) bond motifs is 1. The van der Waals surface area contributed by atoms with Crippen LogP contribution in [0.3, 0.4) is 0 Å². The maximum absolute atomic E-state index is 5.47. The van der Waals surface area contributed by atoms with Crippen LogP contribution in [0.1, 0.15) is 29.7 Å². The Labute approximate surface area is 150 Å². The number of nitrogens with zero attached hydrogens (tertiary/aromatic N) is 4. The van der Waals surface area contributed by atoms with Crippen molar-refractivity contribution in [2.45, 2.75) is 26.1 Å². The van der Waals surface area contributed by atoms with E-state index in [1.807, 2.05) is 25.2 Å². The molecule has 2 N–H and O–H groups in total. The topological polar surface area (TPSA) is 81.1 Å². The molecule has 9 heteroatoms. The number of halogens is 2. The van der Waals surface area contributed by atoms with Gasteiger partial charge in [0.25, 0.3) is 0 Å². The normalized spacial score (nSPS) is 12.0. The lowest BCUT2D eigenvalue weighted by Gasteiger charge is -2.20. The van der Waals surface area contributed by atoms with Gasteiger partial charge in [0, 0.05) is 0 Å². The number of rotatable bonds is 5. The Hall–Kier alpha value is -1.25. The lowest BCUT2D eigenvalue weighted by molar-refractivity contribution is 0.242. The average molecular weight is 376 g/mol. The summed E-state index contributed by atoms with van der Waals surface area (Å²) in [7, 11) is 2.02. The lowest BCUT2D eigenvalue weighted by atomic mass is 10.3. The molecule has 0 amide bonds. The van der Waals surface area contributed by atoms with Gasteiger partial charge in [0.15, 0.2) is 5.82 Å². The van der Waals surface area contributed by atoms with E-state index in [2.05, 4.69) is 33.0 Å². The highest BCUT2D eigenvalue weighted by Crippen LogP contribution is 2.29. The third kappa shape index (κ3) is 4.39.